The van der Waals surface area contributed by atoms with Crippen LogP contribution in [0.1, 0.15) is 12.8 Å². The Morgan fingerprint density at radius 1 is 1.39 bits per heavy atom. The molecule has 10 heteroatoms. The number of hydrogen-bond donors (Lipinski definition) is 4. The first kappa shape index (κ1) is 18.7. The number of carbonyl (C=O) groups is 1. The lowest BCUT2D eigenvalue weighted by atomic mass is 10.2. The maximum Gasteiger partial charge on any atom is 0.320 e. The van der Waals surface area contributed by atoms with Gasteiger partial charge < -0.3 is 21.3 Å². The van der Waals surface area contributed by atoms with E-state index in [0.29, 0.717) is 12.2 Å². The minimum atomic E-state index is -3.83. The molecule has 9 nitrogen and oxygen atoms in total. The normalized spacial score (nSPS) is 13.4. The smallest absolute Gasteiger partial charge is 0.320 e. The monoisotopic (exact) mass is 344 g/mol. The van der Waals surface area contributed by atoms with Crippen LogP contribution < -0.4 is 20.9 Å². The number of guanidine groups is 1. The average Bonchev–Trinajstić information content (AvgIpc) is 2.50. The topological polar surface area (TPSA) is 157 Å². The molecule has 0 amide bonds. The van der Waals surface area contributed by atoms with Crippen molar-refractivity contribution >= 4 is 22.0 Å². The third-order valence-corrected chi connectivity index (χ3v) is 4.25. The molecule has 128 valence electrons. The number of aliphatic imine (C=N–C) groups is 1. The molecule has 0 aliphatic rings. The summed E-state index contributed by atoms with van der Waals surface area (Å²) in [6, 6.07) is 4.80. The molecule has 0 spiro atoms. The van der Waals surface area contributed by atoms with E-state index in [-0.39, 0.29) is 23.8 Å². The third kappa shape index (κ3) is 6.12. The maximum absolute atomic E-state index is 12.1. The summed E-state index contributed by atoms with van der Waals surface area (Å²) in [5, 5.41) is 8.62. The van der Waals surface area contributed by atoms with Crippen LogP contribution >= 0.6 is 0 Å². The molecule has 0 aliphatic carbocycles. The van der Waals surface area contributed by atoms with Gasteiger partial charge in [0.15, 0.2) is 0 Å². The first-order valence-electron chi connectivity index (χ1n) is 6.71. The number of rotatable bonds is 8. The van der Waals surface area contributed by atoms with E-state index in [1.807, 2.05) is 0 Å². The molecule has 1 rings (SSSR count). The van der Waals surface area contributed by atoms with Gasteiger partial charge in [0.05, 0.1) is 12.0 Å². The summed E-state index contributed by atoms with van der Waals surface area (Å²) in [5.41, 5.74) is 10.9. The van der Waals surface area contributed by atoms with E-state index in [1.165, 1.54) is 31.4 Å². The van der Waals surface area contributed by atoms with Crippen molar-refractivity contribution in [2.24, 2.45) is 16.5 Å². The molecule has 1 aromatic rings. The second-order valence-corrected chi connectivity index (χ2v) is 6.32. The lowest BCUT2D eigenvalue weighted by Crippen LogP contribution is -2.37. The SMILES string of the molecule is COc1ccc(S(=O)(=O)NC(N)=NCCC[C@H](N)C(=O)O)cc1. The Bertz CT molecular complexity index is 657. The first-order valence-corrected chi connectivity index (χ1v) is 8.19. The Morgan fingerprint density at radius 2 is 2.00 bits per heavy atom. The maximum atomic E-state index is 12.1. The molecule has 0 radical (unpaired) electrons. The molecule has 1 atom stereocenters. The number of benzene rings is 1. The second-order valence-electron chi connectivity index (χ2n) is 4.63. The third-order valence-electron chi connectivity index (χ3n) is 2.88. The van der Waals surface area contributed by atoms with Gasteiger partial charge in [0.2, 0.25) is 5.96 Å². The van der Waals surface area contributed by atoms with E-state index in [0.717, 1.165) is 0 Å². The molecule has 0 unspecified atom stereocenters. The molecule has 1 aromatic carbocycles. The Kier molecular flexibility index (Phi) is 6.79. The number of methoxy groups -OCH3 is 1. The van der Waals surface area contributed by atoms with Gasteiger partial charge >= 0.3 is 5.97 Å². The van der Waals surface area contributed by atoms with E-state index in [9.17, 15) is 13.2 Å². The molecule has 0 aromatic heterocycles. The van der Waals surface area contributed by atoms with Gasteiger partial charge in [0.1, 0.15) is 11.8 Å². The highest BCUT2D eigenvalue weighted by Crippen LogP contribution is 2.15. The van der Waals surface area contributed by atoms with Crippen molar-refractivity contribution in [3.8, 4) is 5.75 Å². The zero-order chi connectivity index (χ0) is 17.5. The zero-order valence-electron chi connectivity index (χ0n) is 12.6. The fourth-order valence-corrected chi connectivity index (χ4v) is 2.57. The predicted octanol–water partition coefficient (Wildman–Crippen LogP) is -0.520. The van der Waals surface area contributed by atoms with Crippen molar-refractivity contribution in [2.75, 3.05) is 13.7 Å². The molecule has 0 saturated carbocycles. The molecule has 0 heterocycles. The highest BCUT2D eigenvalue weighted by Gasteiger charge is 2.15. The van der Waals surface area contributed by atoms with Crippen LogP contribution in [0.15, 0.2) is 34.2 Å². The largest absolute Gasteiger partial charge is 0.497 e. The van der Waals surface area contributed by atoms with E-state index in [2.05, 4.69) is 9.71 Å². The number of ether oxygens (including phenoxy) is 1. The predicted molar refractivity (Wildman–Crippen MR) is 84.7 cm³/mol. The number of nitrogens with two attached hydrogens (primary N) is 2. The standard InChI is InChI=1S/C13H20N4O5S/c1-22-9-4-6-10(7-5-9)23(20,21)17-13(15)16-8-2-3-11(14)12(18)19/h4-7,11H,2-3,8,14H2,1H3,(H,18,19)(H3,15,16,17)/t11-/m0/s1. The van der Waals surface area contributed by atoms with Crippen LogP contribution in [0.5, 0.6) is 5.75 Å². The second kappa shape index (κ2) is 8.34. The molecule has 0 fully saturated rings. The van der Waals surface area contributed by atoms with Crippen LogP contribution in [0.25, 0.3) is 0 Å². The van der Waals surface area contributed by atoms with E-state index in [4.69, 9.17) is 21.3 Å². The molecule has 0 saturated heterocycles. The number of sulfonamides is 1. The van der Waals surface area contributed by atoms with Gasteiger partial charge in [-0.15, -0.1) is 0 Å². The summed E-state index contributed by atoms with van der Waals surface area (Å²) in [5.74, 6) is -0.841. The van der Waals surface area contributed by atoms with Gasteiger partial charge in [0.25, 0.3) is 10.0 Å². The molecule has 23 heavy (non-hydrogen) atoms. The van der Waals surface area contributed by atoms with Crippen molar-refractivity contribution in [3.63, 3.8) is 0 Å². The summed E-state index contributed by atoms with van der Waals surface area (Å²) in [6.07, 6.45) is 0.593. The van der Waals surface area contributed by atoms with Crippen LogP contribution in [0.4, 0.5) is 0 Å². The van der Waals surface area contributed by atoms with Gasteiger partial charge in [-0.05, 0) is 37.1 Å². The summed E-state index contributed by atoms with van der Waals surface area (Å²) in [4.78, 5) is 14.4. The van der Waals surface area contributed by atoms with Crippen LogP contribution in [-0.4, -0.2) is 45.1 Å². The van der Waals surface area contributed by atoms with Crippen molar-refractivity contribution < 1.29 is 23.1 Å². The Labute approximate surface area is 134 Å². The summed E-state index contributed by atoms with van der Waals surface area (Å²) < 4.78 is 31.2. The number of hydrogen-bond acceptors (Lipinski definition) is 6. The Balaban J connectivity index is 2.58. The summed E-state index contributed by atoms with van der Waals surface area (Å²) in [6.45, 7) is 0.165. The van der Waals surface area contributed by atoms with Gasteiger partial charge in [0, 0.05) is 6.54 Å². The molecule has 0 aliphatic heterocycles. The molecular formula is C13H20N4O5S. The quantitative estimate of drug-likeness (QED) is 0.281. The highest BCUT2D eigenvalue weighted by atomic mass is 32.2. The molecule has 6 N–H and O–H groups in total. The fraction of sp³-hybridized carbons (Fsp3) is 0.385. The van der Waals surface area contributed by atoms with Gasteiger partial charge in [-0.25, -0.2) is 13.1 Å². The number of aliphatic carboxylic acids is 1. The molecular weight excluding hydrogens is 324 g/mol. The van der Waals surface area contributed by atoms with Gasteiger partial charge in [-0.1, -0.05) is 0 Å². The van der Waals surface area contributed by atoms with Crippen LogP contribution in [0, 0.1) is 0 Å². The minimum absolute atomic E-state index is 0.0179. The minimum Gasteiger partial charge on any atom is -0.497 e. The number of carboxylic acid groups (broad SMARTS) is 1. The van der Waals surface area contributed by atoms with Crippen LogP contribution in [0.2, 0.25) is 0 Å². The summed E-state index contributed by atoms with van der Waals surface area (Å²) >= 11 is 0. The lowest BCUT2D eigenvalue weighted by molar-refractivity contribution is -0.138. The van der Waals surface area contributed by atoms with Gasteiger partial charge in [-0.3, -0.25) is 9.79 Å². The van der Waals surface area contributed by atoms with Crippen LogP contribution in [-0.2, 0) is 14.8 Å². The van der Waals surface area contributed by atoms with Gasteiger partial charge in [-0.2, -0.15) is 0 Å². The highest BCUT2D eigenvalue weighted by molar-refractivity contribution is 7.90. The van der Waals surface area contributed by atoms with Crippen molar-refractivity contribution in [3.05, 3.63) is 24.3 Å². The van der Waals surface area contributed by atoms with Crippen LogP contribution in [0.3, 0.4) is 0 Å². The first-order chi connectivity index (χ1) is 10.8. The Hall–Kier alpha value is -2.33. The summed E-state index contributed by atoms with van der Waals surface area (Å²) in [7, 11) is -2.36. The van der Waals surface area contributed by atoms with E-state index >= 15 is 0 Å². The van der Waals surface area contributed by atoms with Crippen molar-refractivity contribution in [1.29, 1.82) is 0 Å². The number of carboxylic acids is 1. The fourth-order valence-electron chi connectivity index (χ4n) is 1.62. The van der Waals surface area contributed by atoms with Crippen molar-refractivity contribution in [1.82, 2.24) is 4.72 Å². The van der Waals surface area contributed by atoms with Crippen molar-refractivity contribution in [2.45, 2.75) is 23.8 Å². The number of nitrogens with one attached hydrogen (secondary N) is 1. The van der Waals surface area contributed by atoms with E-state index in [1.54, 1.807) is 0 Å². The zero-order valence-corrected chi connectivity index (χ0v) is 13.4. The van der Waals surface area contributed by atoms with E-state index < -0.39 is 22.0 Å². The number of nitrogens with zero attached hydrogens (tertiary/aromatic N) is 1. The molecule has 0 bridgehead atoms. The Morgan fingerprint density at radius 3 is 2.52 bits per heavy atom. The average molecular weight is 344 g/mol. The lowest BCUT2D eigenvalue weighted by Gasteiger charge is -2.08.